The van der Waals surface area contributed by atoms with E-state index in [4.69, 9.17) is 11.6 Å². The van der Waals surface area contributed by atoms with Crippen molar-refractivity contribution in [2.24, 2.45) is 5.92 Å². The van der Waals surface area contributed by atoms with Gasteiger partial charge in [-0.2, -0.15) is 0 Å². The Morgan fingerprint density at radius 3 is 2.24 bits per heavy atom. The molecule has 33 heavy (non-hydrogen) atoms. The molecule has 0 aliphatic heterocycles. The van der Waals surface area contributed by atoms with E-state index in [2.05, 4.69) is 36.6 Å². The van der Waals surface area contributed by atoms with Crippen molar-refractivity contribution in [3.8, 4) is 0 Å². The Labute approximate surface area is 201 Å². The fourth-order valence-electron chi connectivity index (χ4n) is 3.64. The van der Waals surface area contributed by atoms with E-state index in [0.29, 0.717) is 28.7 Å². The summed E-state index contributed by atoms with van der Waals surface area (Å²) >= 11 is 6.30. The molecule has 0 saturated heterocycles. The van der Waals surface area contributed by atoms with Gasteiger partial charge in [-0.3, -0.25) is 9.59 Å². The second-order valence-corrected chi connectivity index (χ2v) is 9.14. The molecule has 0 saturated carbocycles. The van der Waals surface area contributed by atoms with Gasteiger partial charge in [-0.15, -0.1) is 0 Å². The number of carbonyl (C=O) groups is 2. The fourth-order valence-corrected chi connectivity index (χ4v) is 3.80. The van der Waals surface area contributed by atoms with Crippen molar-refractivity contribution >= 4 is 29.1 Å². The van der Waals surface area contributed by atoms with Crippen molar-refractivity contribution in [2.75, 3.05) is 11.9 Å². The summed E-state index contributed by atoms with van der Waals surface area (Å²) in [6.07, 6.45) is 1.76. The number of amides is 2. The predicted molar refractivity (Wildman–Crippen MR) is 136 cm³/mol. The third-order valence-electron chi connectivity index (χ3n) is 5.55. The van der Waals surface area contributed by atoms with E-state index in [1.165, 1.54) is 5.56 Å². The first kappa shape index (κ1) is 24.5. The molecule has 0 bridgehead atoms. The van der Waals surface area contributed by atoms with Crippen LogP contribution in [0.3, 0.4) is 0 Å². The van der Waals surface area contributed by atoms with Gasteiger partial charge in [0.15, 0.2) is 0 Å². The van der Waals surface area contributed by atoms with Crippen LogP contribution < -0.4 is 10.6 Å². The molecule has 0 aliphatic carbocycles. The van der Waals surface area contributed by atoms with Gasteiger partial charge in [0.05, 0.1) is 16.6 Å². The third-order valence-corrected chi connectivity index (χ3v) is 5.88. The molecule has 4 nitrogen and oxygen atoms in total. The quantitative estimate of drug-likeness (QED) is 0.394. The van der Waals surface area contributed by atoms with Crippen LogP contribution in [0.15, 0.2) is 72.8 Å². The molecule has 0 aliphatic rings. The van der Waals surface area contributed by atoms with Gasteiger partial charge in [0.1, 0.15) is 0 Å². The highest BCUT2D eigenvalue weighted by Crippen LogP contribution is 2.26. The van der Waals surface area contributed by atoms with Crippen molar-refractivity contribution in [1.82, 2.24) is 5.32 Å². The van der Waals surface area contributed by atoms with E-state index < -0.39 is 0 Å². The average Bonchev–Trinajstić information content (AvgIpc) is 2.80. The molecule has 3 aromatic rings. The molecular formula is C28H31ClN2O2. The summed E-state index contributed by atoms with van der Waals surface area (Å²) in [4.78, 5) is 25.4. The smallest absolute Gasteiger partial charge is 0.251 e. The highest BCUT2D eigenvalue weighted by molar-refractivity contribution is 6.34. The molecule has 0 unspecified atom stereocenters. The van der Waals surface area contributed by atoms with Gasteiger partial charge in [0.25, 0.3) is 5.91 Å². The second-order valence-electron chi connectivity index (χ2n) is 8.74. The van der Waals surface area contributed by atoms with Crippen LogP contribution in [-0.4, -0.2) is 18.4 Å². The number of carbonyl (C=O) groups excluding carboxylic acids is 2. The van der Waals surface area contributed by atoms with Crippen molar-refractivity contribution in [3.05, 3.63) is 100 Å². The van der Waals surface area contributed by atoms with Crippen LogP contribution in [-0.2, 0) is 17.6 Å². The van der Waals surface area contributed by atoms with Gasteiger partial charge in [0.2, 0.25) is 5.91 Å². The number of hydrogen-bond acceptors (Lipinski definition) is 2. The highest BCUT2D eigenvalue weighted by Gasteiger charge is 2.18. The molecule has 0 spiro atoms. The standard InChI is InChI=1S/C28H31ClN2O2/c1-19(2)17-22-9-11-23(12-10-22)20(3)27(32)31-26-18-24(13-14-25(26)29)28(33)30-16-15-21-7-5-4-6-8-21/h4-14,18-20H,15-17H2,1-3H3,(H,30,33)(H,31,32)/t20-/m0/s1. The van der Waals surface area contributed by atoms with Crippen LogP contribution in [0.25, 0.3) is 0 Å². The summed E-state index contributed by atoms with van der Waals surface area (Å²) in [5.41, 5.74) is 4.24. The summed E-state index contributed by atoms with van der Waals surface area (Å²) in [6, 6.07) is 23.0. The summed E-state index contributed by atoms with van der Waals surface area (Å²) in [7, 11) is 0. The molecule has 3 aromatic carbocycles. The Bertz CT molecular complexity index is 1080. The number of nitrogens with one attached hydrogen (secondary N) is 2. The van der Waals surface area contributed by atoms with Crippen LogP contribution in [0.4, 0.5) is 5.69 Å². The van der Waals surface area contributed by atoms with Crippen molar-refractivity contribution in [2.45, 2.75) is 39.5 Å². The number of rotatable bonds is 9. The minimum atomic E-state index is -0.350. The number of anilines is 1. The maximum absolute atomic E-state index is 12.9. The normalized spacial score (nSPS) is 11.8. The molecule has 2 N–H and O–H groups in total. The van der Waals surface area contributed by atoms with Gasteiger partial charge in [-0.05, 0) is 60.6 Å². The Morgan fingerprint density at radius 2 is 1.58 bits per heavy atom. The number of halogens is 1. The first-order valence-corrected chi connectivity index (χ1v) is 11.7. The van der Waals surface area contributed by atoms with E-state index in [9.17, 15) is 9.59 Å². The second kappa shape index (κ2) is 11.7. The van der Waals surface area contributed by atoms with E-state index >= 15 is 0 Å². The van der Waals surface area contributed by atoms with Crippen LogP contribution in [0.1, 0.15) is 53.7 Å². The number of hydrogen-bond donors (Lipinski definition) is 2. The zero-order chi connectivity index (χ0) is 23.8. The van der Waals surface area contributed by atoms with Gasteiger partial charge >= 0.3 is 0 Å². The molecule has 1 atom stereocenters. The fraction of sp³-hybridized carbons (Fsp3) is 0.286. The molecule has 0 heterocycles. The Balaban J connectivity index is 1.61. The molecule has 172 valence electrons. The van der Waals surface area contributed by atoms with Crippen molar-refractivity contribution in [1.29, 1.82) is 0 Å². The molecular weight excluding hydrogens is 432 g/mol. The molecule has 3 rings (SSSR count). The van der Waals surface area contributed by atoms with E-state index in [1.54, 1.807) is 18.2 Å². The maximum Gasteiger partial charge on any atom is 0.251 e. The first-order valence-electron chi connectivity index (χ1n) is 11.3. The number of benzene rings is 3. The summed E-state index contributed by atoms with van der Waals surface area (Å²) in [5, 5.41) is 6.19. The minimum absolute atomic E-state index is 0.171. The zero-order valence-electron chi connectivity index (χ0n) is 19.4. The summed E-state index contributed by atoms with van der Waals surface area (Å²) < 4.78 is 0. The largest absolute Gasteiger partial charge is 0.352 e. The van der Waals surface area contributed by atoms with Gasteiger partial charge in [-0.25, -0.2) is 0 Å². The average molecular weight is 463 g/mol. The predicted octanol–water partition coefficient (Wildman–Crippen LogP) is 6.25. The lowest BCUT2D eigenvalue weighted by atomic mass is 9.96. The van der Waals surface area contributed by atoms with Crippen LogP contribution in [0, 0.1) is 5.92 Å². The first-order chi connectivity index (χ1) is 15.8. The van der Waals surface area contributed by atoms with Gasteiger partial charge in [-0.1, -0.05) is 80.0 Å². The lowest BCUT2D eigenvalue weighted by Crippen LogP contribution is -2.26. The van der Waals surface area contributed by atoms with Gasteiger partial charge < -0.3 is 10.6 Å². The van der Waals surface area contributed by atoms with E-state index in [-0.39, 0.29) is 17.7 Å². The topological polar surface area (TPSA) is 58.2 Å². The third kappa shape index (κ3) is 7.19. The maximum atomic E-state index is 12.9. The van der Waals surface area contributed by atoms with Crippen molar-refractivity contribution in [3.63, 3.8) is 0 Å². The summed E-state index contributed by atoms with van der Waals surface area (Å²) in [6.45, 7) is 6.76. The summed E-state index contributed by atoms with van der Waals surface area (Å²) in [5.74, 6) is -0.138. The zero-order valence-corrected chi connectivity index (χ0v) is 20.2. The highest BCUT2D eigenvalue weighted by atomic mass is 35.5. The molecule has 2 amide bonds. The minimum Gasteiger partial charge on any atom is -0.352 e. The SMILES string of the molecule is CC(C)Cc1ccc([C@H](C)C(=O)Nc2cc(C(=O)NCCc3ccccc3)ccc2Cl)cc1. The van der Waals surface area contributed by atoms with Crippen LogP contribution >= 0.6 is 11.6 Å². The van der Waals surface area contributed by atoms with Crippen LogP contribution in [0.2, 0.25) is 5.02 Å². The van der Waals surface area contributed by atoms with E-state index in [1.807, 2.05) is 49.4 Å². The van der Waals surface area contributed by atoms with Crippen molar-refractivity contribution < 1.29 is 9.59 Å². The Morgan fingerprint density at radius 1 is 0.879 bits per heavy atom. The molecule has 0 fully saturated rings. The molecule has 0 aromatic heterocycles. The Kier molecular flexibility index (Phi) is 8.67. The monoisotopic (exact) mass is 462 g/mol. The van der Waals surface area contributed by atoms with Gasteiger partial charge in [0, 0.05) is 12.1 Å². The molecule has 5 heteroatoms. The van der Waals surface area contributed by atoms with Crippen LogP contribution in [0.5, 0.6) is 0 Å². The Hall–Kier alpha value is -3.11. The molecule has 0 radical (unpaired) electrons. The van der Waals surface area contributed by atoms with E-state index in [0.717, 1.165) is 24.0 Å². The lowest BCUT2D eigenvalue weighted by molar-refractivity contribution is -0.117. The lowest BCUT2D eigenvalue weighted by Gasteiger charge is -2.15.